The minimum Gasteiger partial charge on any atom is -0.351 e. The zero-order chi connectivity index (χ0) is 15.4. The summed E-state index contributed by atoms with van der Waals surface area (Å²) in [5.74, 6) is 1.22. The molecule has 0 amide bonds. The zero-order valence-corrected chi connectivity index (χ0v) is 14.1. The van der Waals surface area contributed by atoms with E-state index < -0.39 is 0 Å². The van der Waals surface area contributed by atoms with Crippen LogP contribution in [0.4, 0.5) is 11.9 Å². The quantitative estimate of drug-likeness (QED) is 0.900. The molecule has 1 aliphatic heterocycles. The molecule has 2 heterocycles. The molecule has 0 aliphatic carbocycles. The van der Waals surface area contributed by atoms with Gasteiger partial charge in [0.05, 0.1) is 0 Å². The molecule has 0 saturated carbocycles. The maximum Gasteiger partial charge on any atom is 0.231 e. The minimum absolute atomic E-state index is 0.246. The topological polar surface area (TPSA) is 57.2 Å². The van der Waals surface area contributed by atoms with Gasteiger partial charge in [-0.3, -0.25) is 0 Å². The number of nitrogens with one attached hydrogen (secondary N) is 1. The molecule has 1 N–H and O–H groups in total. The van der Waals surface area contributed by atoms with Crippen molar-refractivity contribution >= 4 is 23.5 Å². The number of rotatable bonds is 5. The summed E-state index contributed by atoms with van der Waals surface area (Å²) in [6.07, 6.45) is 2.17. The Morgan fingerprint density at radius 2 is 2.00 bits per heavy atom. The first-order valence-corrected chi connectivity index (χ1v) is 8.04. The van der Waals surface area contributed by atoms with Gasteiger partial charge in [-0.25, -0.2) is 0 Å². The molecule has 0 radical (unpaired) electrons. The van der Waals surface area contributed by atoms with E-state index in [-0.39, 0.29) is 5.28 Å². The Bertz CT molecular complexity index is 465. The van der Waals surface area contributed by atoms with Gasteiger partial charge in [0.2, 0.25) is 17.2 Å². The second-order valence-corrected chi connectivity index (χ2v) is 5.93. The fraction of sp³-hybridized carbons (Fsp3) is 0.786. The van der Waals surface area contributed by atoms with Gasteiger partial charge in [-0.1, -0.05) is 0 Å². The highest BCUT2D eigenvalue weighted by Gasteiger charge is 2.23. The molecule has 0 aromatic carbocycles. The number of hydrogen-bond donors (Lipinski definition) is 1. The van der Waals surface area contributed by atoms with Crippen molar-refractivity contribution in [1.29, 1.82) is 0 Å². The highest BCUT2D eigenvalue weighted by molar-refractivity contribution is 6.28. The molecule has 1 saturated heterocycles. The first kappa shape index (κ1) is 16.2. The van der Waals surface area contributed by atoms with E-state index in [1.807, 2.05) is 0 Å². The molecule has 6 nitrogen and oxygen atoms in total. The Hall–Kier alpha value is -1.14. The van der Waals surface area contributed by atoms with E-state index in [4.69, 9.17) is 11.6 Å². The van der Waals surface area contributed by atoms with Crippen LogP contribution in [0.2, 0.25) is 5.28 Å². The maximum atomic E-state index is 6.04. The van der Waals surface area contributed by atoms with Gasteiger partial charge in [-0.2, -0.15) is 15.0 Å². The molecule has 2 unspecified atom stereocenters. The normalized spacial score (nSPS) is 23.1. The van der Waals surface area contributed by atoms with Gasteiger partial charge in [0.1, 0.15) is 0 Å². The van der Waals surface area contributed by atoms with Crippen LogP contribution in [0, 0.1) is 0 Å². The predicted octanol–water partition coefficient (Wildman–Crippen LogP) is 2.27. The van der Waals surface area contributed by atoms with Crippen LogP contribution in [0.5, 0.6) is 0 Å². The van der Waals surface area contributed by atoms with Crippen LogP contribution in [0.3, 0.4) is 0 Å². The smallest absolute Gasteiger partial charge is 0.231 e. The molecule has 1 aromatic rings. The monoisotopic (exact) mass is 312 g/mol. The molecule has 7 heteroatoms. The summed E-state index contributed by atoms with van der Waals surface area (Å²) in [5, 5.41) is 3.66. The highest BCUT2D eigenvalue weighted by Crippen LogP contribution is 2.20. The van der Waals surface area contributed by atoms with Crippen LogP contribution >= 0.6 is 11.6 Å². The Labute approximate surface area is 131 Å². The number of anilines is 2. The maximum absolute atomic E-state index is 6.04. The summed E-state index contributed by atoms with van der Waals surface area (Å²) in [5.41, 5.74) is 0. The third-order valence-corrected chi connectivity index (χ3v) is 4.35. The number of hydrogen-bond acceptors (Lipinski definition) is 6. The fourth-order valence-electron chi connectivity index (χ4n) is 2.66. The fourth-order valence-corrected chi connectivity index (χ4v) is 2.81. The number of likely N-dealkylation sites (tertiary alicyclic amines) is 1. The number of aromatic nitrogens is 3. The summed E-state index contributed by atoms with van der Waals surface area (Å²) < 4.78 is 0. The largest absolute Gasteiger partial charge is 0.351 e. The number of halogens is 1. The van der Waals surface area contributed by atoms with Crippen molar-refractivity contribution in [3.63, 3.8) is 0 Å². The Balaban J connectivity index is 2.09. The third-order valence-electron chi connectivity index (χ3n) is 4.18. The van der Waals surface area contributed by atoms with Crippen LogP contribution in [0.1, 0.15) is 33.6 Å². The molecule has 2 atom stereocenters. The second-order valence-electron chi connectivity index (χ2n) is 5.60. The van der Waals surface area contributed by atoms with Crippen molar-refractivity contribution in [3.05, 3.63) is 5.28 Å². The van der Waals surface area contributed by atoms with Crippen LogP contribution in [0.15, 0.2) is 0 Å². The van der Waals surface area contributed by atoms with Crippen molar-refractivity contribution < 1.29 is 0 Å². The third kappa shape index (κ3) is 4.17. The first-order chi connectivity index (χ1) is 10.0. The molecular weight excluding hydrogens is 288 g/mol. The lowest BCUT2D eigenvalue weighted by atomic mass is 9.99. The molecule has 118 valence electrons. The van der Waals surface area contributed by atoms with E-state index in [1.54, 1.807) is 0 Å². The zero-order valence-electron chi connectivity index (χ0n) is 13.3. The van der Waals surface area contributed by atoms with Gasteiger partial charge in [-0.15, -0.1) is 0 Å². The van der Waals surface area contributed by atoms with E-state index in [0.717, 1.165) is 32.5 Å². The molecule has 1 aromatic heterocycles. The average Bonchev–Trinajstić information content (AvgIpc) is 2.44. The summed E-state index contributed by atoms with van der Waals surface area (Å²) in [7, 11) is 2.17. The van der Waals surface area contributed by atoms with Crippen molar-refractivity contribution in [2.45, 2.75) is 45.7 Å². The van der Waals surface area contributed by atoms with Gasteiger partial charge in [0.15, 0.2) is 0 Å². The standard InChI is InChI=1S/C14H25ClN6/c1-5-21(6-2)14-18-12(15)17-13(19-14)16-11-7-8-20(4)10(3)9-11/h10-11H,5-9H2,1-4H3,(H,16,17,18,19). The number of piperidine rings is 1. The van der Waals surface area contributed by atoms with Crippen LogP contribution in [-0.4, -0.2) is 58.6 Å². The van der Waals surface area contributed by atoms with E-state index in [1.165, 1.54) is 0 Å². The van der Waals surface area contributed by atoms with Crippen LogP contribution < -0.4 is 10.2 Å². The summed E-state index contributed by atoms with van der Waals surface area (Å²) in [6, 6.07) is 0.954. The van der Waals surface area contributed by atoms with E-state index in [0.29, 0.717) is 24.0 Å². The van der Waals surface area contributed by atoms with Gasteiger partial charge in [-0.05, 0) is 52.3 Å². The molecule has 1 aliphatic rings. The molecule has 0 bridgehead atoms. The summed E-state index contributed by atoms with van der Waals surface area (Å²) >= 11 is 6.04. The minimum atomic E-state index is 0.246. The lowest BCUT2D eigenvalue weighted by molar-refractivity contribution is 0.190. The second kappa shape index (κ2) is 7.22. The Morgan fingerprint density at radius 1 is 1.29 bits per heavy atom. The summed E-state index contributed by atoms with van der Waals surface area (Å²) in [6.45, 7) is 9.18. The van der Waals surface area contributed by atoms with Gasteiger partial charge in [0.25, 0.3) is 0 Å². The van der Waals surface area contributed by atoms with E-state index >= 15 is 0 Å². The molecular formula is C14H25ClN6. The Morgan fingerprint density at radius 3 is 2.62 bits per heavy atom. The summed E-state index contributed by atoms with van der Waals surface area (Å²) in [4.78, 5) is 17.4. The number of nitrogens with zero attached hydrogens (tertiary/aromatic N) is 5. The van der Waals surface area contributed by atoms with Crippen molar-refractivity contribution in [2.24, 2.45) is 0 Å². The average molecular weight is 313 g/mol. The molecule has 21 heavy (non-hydrogen) atoms. The lowest BCUT2D eigenvalue weighted by Gasteiger charge is -2.35. The Kier molecular flexibility index (Phi) is 5.58. The molecule has 0 spiro atoms. The lowest BCUT2D eigenvalue weighted by Crippen LogP contribution is -2.43. The van der Waals surface area contributed by atoms with Crippen LogP contribution in [0.25, 0.3) is 0 Å². The van der Waals surface area contributed by atoms with Crippen molar-refractivity contribution in [3.8, 4) is 0 Å². The van der Waals surface area contributed by atoms with E-state index in [9.17, 15) is 0 Å². The molecule has 1 fully saturated rings. The SMILES string of the molecule is CCN(CC)c1nc(Cl)nc(NC2CCN(C)C(C)C2)n1. The highest BCUT2D eigenvalue weighted by atomic mass is 35.5. The van der Waals surface area contributed by atoms with Gasteiger partial charge in [0, 0.05) is 31.7 Å². The molecule has 2 rings (SSSR count). The first-order valence-electron chi connectivity index (χ1n) is 7.66. The predicted molar refractivity (Wildman–Crippen MR) is 87.1 cm³/mol. The van der Waals surface area contributed by atoms with E-state index in [2.05, 4.69) is 57.9 Å². The van der Waals surface area contributed by atoms with Crippen molar-refractivity contribution in [1.82, 2.24) is 19.9 Å². The van der Waals surface area contributed by atoms with Gasteiger partial charge < -0.3 is 15.1 Å². The van der Waals surface area contributed by atoms with Crippen LogP contribution in [-0.2, 0) is 0 Å². The van der Waals surface area contributed by atoms with Crippen molar-refractivity contribution in [2.75, 3.05) is 36.9 Å². The van der Waals surface area contributed by atoms with Gasteiger partial charge >= 0.3 is 0 Å².